The van der Waals surface area contributed by atoms with Crippen molar-refractivity contribution in [3.8, 4) is 0 Å². The highest BCUT2D eigenvalue weighted by Crippen LogP contribution is 2.18. The average molecular weight is 272 g/mol. The summed E-state index contributed by atoms with van der Waals surface area (Å²) in [6.07, 6.45) is 1.99. The lowest BCUT2D eigenvalue weighted by Gasteiger charge is -1.95. The van der Waals surface area contributed by atoms with Crippen molar-refractivity contribution in [1.29, 1.82) is 0 Å². The van der Waals surface area contributed by atoms with Crippen LogP contribution in [0.5, 0.6) is 0 Å². The summed E-state index contributed by atoms with van der Waals surface area (Å²) in [4.78, 5) is 14.6. The number of pyridine rings is 1. The van der Waals surface area contributed by atoms with Crippen LogP contribution in [0.1, 0.15) is 11.4 Å². The summed E-state index contributed by atoms with van der Waals surface area (Å²) < 4.78 is 14.2. The number of nitro groups is 1. The third kappa shape index (κ3) is 2.20. The molecule has 0 aliphatic heterocycles. The number of fused-ring (bicyclic) bond motifs is 1. The van der Waals surface area contributed by atoms with E-state index in [2.05, 4.69) is 10.1 Å². The Hall–Kier alpha value is -2.83. The topological polar surface area (TPSA) is 73.3 Å². The zero-order valence-corrected chi connectivity index (χ0v) is 10.2. The molecule has 7 heteroatoms. The van der Waals surface area contributed by atoms with Crippen LogP contribution in [0.25, 0.3) is 5.65 Å². The lowest BCUT2D eigenvalue weighted by molar-refractivity contribution is -0.383. The van der Waals surface area contributed by atoms with Gasteiger partial charge in [0.15, 0.2) is 5.82 Å². The fraction of sp³-hybridized carbons (Fsp3) is 0.0769. The van der Waals surface area contributed by atoms with Gasteiger partial charge in [-0.1, -0.05) is 12.1 Å². The van der Waals surface area contributed by atoms with E-state index in [1.54, 1.807) is 24.4 Å². The molecule has 0 aliphatic rings. The van der Waals surface area contributed by atoms with E-state index in [0.29, 0.717) is 12.2 Å². The molecule has 0 bridgehead atoms. The number of halogens is 1. The van der Waals surface area contributed by atoms with E-state index in [9.17, 15) is 14.5 Å². The molecule has 1 aromatic carbocycles. The number of benzene rings is 1. The Bertz CT molecular complexity index is 783. The van der Waals surface area contributed by atoms with Crippen LogP contribution in [0.2, 0.25) is 0 Å². The minimum absolute atomic E-state index is 0.0923. The zero-order chi connectivity index (χ0) is 14.1. The van der Waals surface area contributed by atoms with Crippen LogP contribution >= 0.6 is 0 Å². The van der Waals surface area contributed by atoms with Crippen LogP contribution < -0.4 is 0 Å². The first-order valence-corrected chi connectivity index (χ1v) is 5.86. The molecule has 6 nitrogen and oxygen atoms in total. The Morgan fingerprint density at radius 2 is 2.00 bits per heavy atom. The predicted octanol–water partition coefficient (Wildman–Crippen LogP) is 2.37. The van der Waals surface area contributed by atoms with Crippen molar-refractivity contribution >= 4 is 11.3 Å². The molecular weight excluding hydrogens is 263 g/mol. The number of nitrogens with zero attached hydrogens (tertiary/aromatic N) is 4. The standard InChI is InChI=1S/C13H9FN4O2/c14-10-5-3-9(4-6-10)8-12-15-13-11(18(19)20)2-1-7-17(13)16-12/h1-7H,8H2. The summed E-state index contributed by atoms with van der Waals surface area (Å²) in [5, 5.41) is 15.1. The van der Waals surface area contributed by atoms with E-state index in [4.69, 9.17) is 0 Å². The lowest BCUT2D eigenvalue weighted by atomic mass is 10.1. The number of rotatable bonds is 3. The molecule has 0 fully saturated rings. The molecule has 3 rings (SSSR count). The van der Waals surface area contributed by atoms with E-state index in [-0.39, 0.29) is 17.2 Å². The maximum Gasteiger partial charge on any atom is 0.313 e. The van der Waals surface area contributed by atoms with Crippen LogP contribution in [-0.4, -0.2) is 19.5 Å². The Labute approximate surface area is 112 Å². The first kappa shape index (κ1) is 12.2. The van der Waals surface area contributed by atoms with Gasteiger partial charge in [0.05, 0.1) is 4.92 Å². The van der Waals surface area contributed by atoms with Crippen LogP contribution in [0.15, 0.2) is 42.6 Å². The predicted molar refractivity (Wildman–Crippen MR) is 68.8 cm³/mol. The molecule has 0 unspecified atom stereocenters. The second-order valence-corrected chi connectivity index (χ2v) is 4.25. The van der Waals surface area contributed by atoms with Crippen molar-refractivity contribution < 1.29 is 9.31 Å². The largest absolute Gasteiger partial charge is 0.313 e. The highest BCUT2D eigenvalue weighted by Gasteiger charge is 2.16. The average Bonchev–Trinajstić information content (AvgIpc) is 2.83. The summed E-state index contributed by atoms with van der Waals surface area (Å²) in [5.74, 6) is 0.137. The second kappa shape index (κ2) is 4.69. The quantitative estimate of drug-likeness (QED) is 0.542. The molecule has 2 aromatic heterocycles. The van der Waals surface area contributed by atoms with Gasteiger partial charge in [-0.3, -0.25) is 10.1 Å². The van der Waals surface area contributed by atoms with Gasteiger partial charge in [-0.2, -0.15) is 5.10 Å². The summed E-state index contributed by atoms with van der Waals surface area (Å²) in [6.45, 7) is 0. The Morgan fingerprint density at radius 1 is 1.25 bits per heavy atom. The van der Waals surface area contributed by atoms with Crippen molar-refractivity contribution in [3.05, 3.63) is 69.9 Å². The molecular formula is C13H9FN4O2. The highest BCUT2D eigenvalue weighted by atomic mass is 19.1. The first-order valence-electron chi connectivity index (χ1n) is 5.86. The summed E-state index contributed by atoms with van der Waals surface area (Å²) in [5.41, 5.74) is 0.949. The molecule has 0 saturated heterocycles. The van der Waals surface area contributed by atoms with Crippen LogP contribution in [0.4, 0.5) is 10.1 Å². The Balaban J connectivity index is 1.99. The molecule has 20 heavy (non-hydrogen) atoms. The van der Waals surface area contributed by atoms with E-state index < -0.39 is 4.92 Å². The maximum atomic E-state index is 12.8. The van der Waals surface area contributed by atoms with Gasteiger partial charge in [-0.05, 0) is 23.8 Å². The van der Waals surface area contributed by atoms with Gasteiger partial charge in [0.1, 0.15) is 5.82 Å². The minimum atomic E-state index is -0.494. The van der Waals surface area contributed by atoms with Crippen molar-refractivity contribution in [2.75, 3.05) is 0 Å². The van der Waals surface area contributed by atoms with Crippen LogP contribution in [0, 0.1) is 15.9 Å². The third-order valence-electron chi connectivity index (χ3n) is 2.86. The molecule has 0 amide bonds. The molecule has 0 spiro atoms. The summed E-state index contributed by atoms with van der Waals surface area (Å²) in [6, 6.07) is 8.90. The van der Waals surface area contributed by atoms with E-state index in [0.717, 1.165) is 5.56 Å². The van der Waals surface area contributed by atoms with Gasteiger partial charge >= 0.3 is 5.69 Å². The highest BCUT2D eigenvalue weighted by molar-refractivity contribution is 5.58. The molecule has 0 atom stereocenters. The number of aromatic nitrogens is 3. The SMILES string of the molecule is O=[N+]([O-])c1cccn2nc(Cc3ccc(F)cc3)nc12. The van der Waals surface area contributed by atoms with E-state index in [1.165, 1.54) is 22.7 Å². The number of hydrogen-bond acceptors (Lipinski definition) is 4. The summed E-state index contributed by atoms with van der Waals surface area (Å²) in [7, 11) is 0. The monoisotopic (exact) mass is 272 g/mol. The van der Waals surface area contributed by atoms with Crippen LogP contribution in [-0.2, 0) is 6.42 Å². The fourth-order valence-corrected chi connectivity index (χ4v) is 1.94. The third-order valence-corrected chi connectivity index (χ3v) is 2.86. The fourth-order valence-electron chi connectivity index (χ4n) is 1.94. The second-order valence-electron chi connectivity index (χ2n) is 4.25. The number of hydrogen-bond donors (Lipinski definition) is 0. The van der Waals surface area contributed by atoms with Crippen LogP contribution in [0.3, 0.4) is 0 Å². The van der Waals surface area contributed by atoms with Gasteiger partial charge in [-0.25, -0.2) is 13.9 Å². The van der Waals surface area contributed by atoms with Crippen molar-refractivity contribution in [2.45, 2.75) is 6.42 Å². The smallest absolute Gasteiger partial charge is 0.258 e. The summed E-state index contributed by atoms with van der Waals surface area (Å²) >= 11 is 0. The Morgan fingerprint density at radius 3 is 2.70 bits per heavy atom. The van der Waals surface area contributed by atoms with E-state index in [1.807, 2.05) is 0 Å². The molecule has 0 radical (unpaired) electrons. The van der Waals surface area contributed by atoms with Crippen molar-refractivity contribution in [2.24, 2.45) is 0 Å². The molecule has 100 valence electrons. The van der Waals surface area contributed by atoms with Gasteiger partial charge in [0.2, 0.25) is 5.65 Å². The Kier molecular flexibility index (Phi) is 2.86. The molecule has 0 aliphatic carbocycles. The molecule has 2 heterocycles. The van der Waals surface area contributed by atoms with Crippen molar-refractivity contribution in [1.82, 2.24) is 14.6 Å². The van der Waals surface area contributed by atoms with Gasteiger partial charge in [0.25, 0.3) is 0 Å². The zero-order valence-electron chi connectivity index (χ0n) is 10.2. The van der Waals surface area contributed by atoms with Gasteiger partial charge in [0, 0.05) is 18.7 Å². The minimum Gasteiger partial charge on any atom is -0.258 e. The van der Waals surface area contributed by atoms with E-state index >= 15 is 0 Å². The normalized spacial score (nSPS) is 10.8. The maximum absolute atomic E-state index is 12.8. The molecule has 0 saturated carbocycles. The lowest BCUT2D eigenvalue weighted by Crippen LogP contribution is -1.93. The van der Waals surface area contributed by atoms with Gasteiger partial charge < -0.3 is 0 Å². The van der Waals surface area contributed by atoms with Crippen molar-refractivity contribution in [3.63, 3.8) is 0 Å². The molecule has 3 aromatic rings. The first-order chi connectivity index (χ1) is 9.63. The van der Waals surface area contributed by atoms with Gasteiger partial charge in [-0.15, -0.1) is 0 Å². The molecule has 0 N–H and O–H groups in total.